The molecule has 0 saturated carbocycles. The number of likely N-dealkylation sites (tertiary alicyclic amines) is 1. The lowest BCUT2D eigenvalue weighted by Crippen LogP contribution is -2.37. The van der Waals surface area contributed by atoms with Gasteiger partial charge >= 0.3 is 0 Å². The predicted octanol–water partition coefficient (Wildman–Crippen LogP) is 1.31. The molecule has 2 heterocycles. The molecule has 1 aromatic rings. The Morgan fingerprint density at radius 3 is 2.68 bits per heavy atom. The first-order valence-electron chi connectivity index (χ1n) is 7.14. The maximum atomic E-state index is 5.41. The fraction of sp³-hybridized carbons (Fsp3) is 0.786. The highest BCUT2D eigenvalue weighted by atomic mass is 16.5. The molecule has 0 amide bonds. The van der Waals surface area contributed by atoms with Crippen molar-refractivity contribution < 1.29 is 4.74 Å². The Labute approximate surface area is 115 Å². The van der Waals surface area contributed by atoms with Crippen LogP contribution in [0.3, 0.4) is 0 Å². The van der Waals surface area contributed by atoms with E-state index in [1.807, 2.05) is 14.0 Å². The molecule has 0 bridgehead atoms. The van der Waals surface area contributed by atoms with Crippen molar-refractivity contribution in [2.24, 2.45) is 7.05 Å². The molecule has 1 unspecified atom stereocenters. The number of hydrogen-bond acceptors (Lipinski definition) is 4. The smallest absolute Gasteiger partial charge is 0.216 e. The second-order valence-corrected chi connectivity index (χ2v) is 5.49. The number of methoxy groups -OCH3 is 1. The molecule has 0 aliphatic carbocycles. The number of aromatic nitrogens is 2. The molecule has 2 rings (SSSR count). The fourth-order valence-electron chi connectivity index (χ4n) is 2.83. The quantitative estimate of drug-likeness (QED) is 0.843. The van der Waals surface area contributed by atoms with E-state index in [1.165, 1.54) is 31.5 Å². The van der Waals surface area contributed by atoms with Crippen LogP contribution in [0, 0.1) is 6.92 Å². The summed E-state index contributed by atoms with van der Waals surface area (Å²) in [5, 5.41) is 7.98. The fourth-order valence-corrected chi connectivity index (χ4v) is 2.83. The molecule has 1 aliphatic rings. The second-order valence-electron chi connectivity index (χ2n) is 5.49. The van der Waals surface area contributed by atoms with E-state index in [1.54, 1.807) is 11.8 Å². The van der Waals surface area contributed by atoms with Crippen molar-refractivity contribution in [2.75, 3.05) is 26.7 Å². The van der Waals surface area contributed by atoms with Crippen molar-refractivity contribution in [3.05, 3.63) is 11.3 Å². The van der Waals surface area contributed by atoms with E-state index in [-0.39, 0.29) is 0 Å². The largest absolute Gasteiger partial charge is 0.481 e. The summed E-state index contributed by atoms with van der Waals surface area (Å²) in [6.07, 6.45) is 2.70. The lowest BCUT2D eigenvalue weighted by Gasteiger charge is -2.21. The van der Waals surface area contributed by atoms with Crippen LogP contribution in [0.2, 0.25) is 0 Å². The summed E-state index contributed by atoms with van der Waals surface area (Å²) in [7, 11) is 3.62. The summed E-state index contributed by atoms with van der Waals surface area (Å²) < 4.78 is 7.22. The SMILES string of the molecule is COc1c(CNC(C)CN2CCCC2)c(C)nn1C. The van der Waals surface area contributed by atoms with Crippen LogP contribution in [-0.2, 0) is 13.6 Å². The third kappa shape index (κ3) is 3.48. The van der Waals surface area contributed by atoms with Crippen LogP contribution in [0.15, 0.2) is 0 Å². The van der Waals surface area contributed by atoms with E-state index in [0.29, 0.717) is 6.04 Å². The number of aryl methyl sites for hydroxylation is 2. The molecule has 0 spiro atoms. The van der Waals surface area contributed by atoms with Crippen molar-refractivity contribution >= 4 is 0 Å². The molecule has 1 N–H and O–H groups in total. The minimum atomic E-state index is 0.488. The number of ether oxygens (including phenoxy) is 1. The standard InChI is InChI=1S/C14H26N4O/c1-11(10-18-7-5-6-8-18)15-9-13-12(2)16-17(3)14(13)19-4/h11,15H,5-10H2,1-4H3. The van der Waals surface area contributed by atoms with Crippen LogP contribution in [0.25, 0.3) is 0 Å². The van der Waals surface area contributed by atoms with E-state index in [9.17, 15) is 0 Å². The molecular formula is C14H26N4O. The molecule has 1 aromatic heterocycles. The first-order valence-corrected chi connectivity index (χ1v) is 7.14. The Morgan fingerprint density at radius 1 is 1.37 bits per heavy atom. The average molecular weight is 266 g/mol. The lowest BCUT2D eigenvalue weighted by atomic mass is 10.2. The molecule has 1 fully saturated rings. The summed E-state index contributed by atoms with van der Waals surface area (Å²) in [6.45, 7) is 8.73. The summed E-state index contributed by atoms with van der Waals surface area (Å²) in [5.74, 6) is 0.860. The molecule has 0 aromatic carbocycles. The molecule has 0 radical (unpaired) electrons. The zero-order valence-electron chi connectivity index (χ0n) is 12.6. The zero-order valence-corrected chi connectivity index (χ0v) is 12.6. The van der Waals surface area contributed by atoms with Crippen molar-refractivity contribution in [2.45, 2.75) is 39.3 Å². The van der Waals surface area contributed by atoms with Crippen LogP contribution in [0.1, 0.15) is 31.0 Å². The van der Waals surface area contributed by atoms with Crippen molar-refractivity contribution in [3.8, 4) is 5.88 Å². The van der Waals surface area contributed by atoms with Crippen LogP contribution in [-0.4, -0.2) is 47.5 Å². The van der Waals surface area contributed by atoms with E-state index < -0.39 is 0 Å². The third-order valence-corrected chi connectivity index (χ3v) is 3.84. The van der Waals surface area contributed by atoms with Crippen LogP contribution in [0.4, 0.5) is 0 Å². The normalized spacial score (nSPS) is 17.9. The lowest BCUT2D eigenvalue weighted by molar-refractivity contribution is 0.297. The van der Waals surface area contributed by atoms with Gasteiger partial charge in [-0.15, -0.1) is 0 Å². The molecule has 5 heteroatoms. The van der Waals surface area contributed by atoms with Crippen LogP contribution in [0.5, 0.6) is 5.88 Å². The van der Waals surface area contributed by atoms with Gasteiger partial charge in [0.1, 0.15) is 0 Å². The van der Waals surface area contributed by atoms with Gasteiger partial charge in [-0.3, -0.25) is 0 Å². The highest BCUT2D eigenvalue weighted by molar-refractivity contribution is 5.30. The van der Waals surface area contributed by atoms with Gasteiger partial charge in [-0.25, -0.2) is 4.68 Å². The van der Waals surface area contributed by atoms with Gasteiger partial charge in [-0.05, 0) is 39.8 Å². The highest BCUT2D eigenvalue weighted by Gasteiger charge is 2.17. The molecule has 1 aliphatic heterocycles. The van der Waals surface area contributed by atoms with E-state index in [0.717, 1.165) is 24.7 Å². The molecule has 1 saturated heterocycles. The molecule has 1 atom stereocenters. The average Bonchev–Trinajstić information content (AvgIpc) is 2.94. The van der Waals surface area contributed by atoms with Gasteiger partial charge in [-0.2, -0.15) is 5.10 Å². The van der Waals surface area contributed by atoms with Crippen LogP contribution >= 0.6 is 0 Å². The summed E-state index contributed by atoms with van der Waals surface area (Å²) in [4.78, 5) is 2.53. The van der Waals surface area contributed by atoms with E-state index in [2.05, 4.69) is 22.2 Å². The van der Waals surface area contributed by atoms with Crippen molar-refractivity contribution in [1.82, 2.24) is 20.0 Å². The topological polar surface area (TPSA) is 42.3 Å². The number of hydrogen-bond donors (Lipinski definition) is 1. The summed E-state index contributed by atoms with van der Waals surface area (Å²) >= 11 is 0. The van der Waals surface area contributed by atoms with Crippen LogP contribution < -0.4 is 10.1 Å². The van der Waals surface area contributed by atoms with Gasteiger partial charge in [0.25, 0.3) is 0 Å². The zero-order chi connectivity index (χ0) is 13.8. The first-order chi connectivity index (χ1) is 9.11. The Hall–Kier alpha value is -1.07. The Kier molecular flexibility index (Phi) is 4.82. The van der Waals surface area contributed by atoms with Gasteiger partial charge in [0.2, 0.25) is 5.88 Å². The third-order valence-electron chi connectivity index (χ3n) is 3.84. The Morgan fingerprint density at radius 2 is 2.05 bits per heavy atom. The monoisotopic (exact) mass is 266 g/mol. The predicted molar refractivity (Wildman–Crippen MR) is 76.5 cm³/mol. The Bertz CT molecular complexity index is 410. The molecule has 5 nitrogen and oxygen atoms in total. The van der Waals surface area contributed by atoms with Crippen molar-refractivity contribution in [3.63, 3.8) is 0 Å². The molecule has 108 valence electrons. The Balaban J connectivity index is 1.87. The summed E-state index contributed by atoms with van der Waals surface area (Å²) in [5.41, 5.74) is 2.21. The van der Waals surface area contributed by atoms with Gasteiger partial charge in [0.05, 0.1) is 18.4 Å². The van der Waals surface area contributed by atoms with Gasteiger partial charge in [0, 0.05) is 26.2 Å². The number of nitrogens with one attached hydrogen (secondary N) is 1. The molecule has 19 heavy (non-hydrogen) atoms. The number of rotatable bonds is 6. The maximum absolute atomic E-state index is 5.41. The van der Waals surface area contributed by atoms with E-state index in [4.69, 9.17) is 4.74 Å². The van der Waals surface area contributed by atoms with Gasteiger partial charge in [-0.1, -0.05) is 0 Å². The van der Waals surface area contributed by atoms with E-state index >= 15 is 0 Å². The van der Waals surface area contributed by atoms with Gasteiger partial charge < -0.3 is 15.0 Å². The van der Waals surface area contributed by atoms with Gasteiger partial charge in [0.15, 0.2) is 0 Å². The minimum absolute atomic E-state index is 0.488. The molecular weight excluding hydrogens is 240 g/mol. The number of nitrogens with zero attached hydrogens (tertiary/aromatic N) is 3. The maximum Gasteiger partial charge on any atom is 0.216 e. The summed E-state index contributed by atoms with van der Waals surface area (Å²) in [6, 6.07) is 0.488. The second kappa shape index (κ2) is 6.39. The first kappa shape index (κ1) is 14.3. The highest BCUT2D eigenvalue weighted by Crippen LogP contribution is 2.20. The van der Waals surface area contributed by atoms with Crippen molar-refractivity contribution in [1.29, 1.82) is 0 Å². The minimum Gasteiger partial charge on any atom is -0.481 e.